The van der Waals surface area contributed by atoms with Gasteiger partial charge in [0, 0.05) is 11.6 Å². The number of carbonyl (C=O) groups is 1. The Hall–Kier alpha value is -3.48. The van der Waals surface area contributed by atoms with E-state index >= 15 is 0 Å². The van der Waals surface area contributed by atoms with Crippen LogP contribution in [-0.4, -0.2) is 25.2 Å². The van der Waals surface area contributed by atoms with Crippen molar-refractivity contribution in [2.75, 3.05) is 19.5 Å². The van der Waals surface area contributed by atoms with Crippen molar-refractivity contribution in [1.82, 2.24) is 10.3 Å². The fourth-order valence-electron chi connectivity index (χ4n) is 2.76. The Morgan fingerprint density at radius 2 is 1.89 bits per heavy atom. The lowest BCUT2D eigenvalue weighted by Gasteiger charge is -2.12. The Morgan fingerprint density at radius 1 is 1.11 bits per heavy atom. The van der Waals surface area contributed by atoms with Crippen LogP contribution in [0.1, 0.15) is 17.0 Å². The third kappa shape index (κ3) is 4.25. The van der Waals surface area contributed by atoms with Crippen LogP contribution in [0.2, 0.25) is 0 Å². The Morgan fingerprint density at radius 3 is 2.61 bits per heavy atom. The fraction of sp³-hybridized carbons (Fsp3) is 0.238. The van der Waals surface area contributed by atoms with Crippen molar-refractivity contribution in [1.29, 1.82) is 0 Å². The largest absolute Gasteiger partial charge is 0.497 e. The molecule has 0 unspecified atom stereocenters. The number of anilines is 1. The van der Waals surface area contributed by atoms with Gasteiger partial charge in [0.2, 0.25) is 5.89 Å². The van der Waals surface area contributed by atoms with E-state index in [0.29, 0.717) is 34.5 Å². The van der Waals surface area contributed by atoms with E-state index in [4.69, 9.17) is 13.9 Å². The van der Waals surface area contributed by atoms with Gasteiger partial charge in [0.25, 0.3) is 0 Å². The highest BCUT2D eigenvalue weighted by molar-refractivity contribution is 5.91. The van der Waals surface area contributed by atoms with E-state index in [1.807, 2.05) is 38.1 Å². The summed E-state index contributed by atoms with van der Waals surface area (Å²) in [5.41, 5.74) is 3.19. The number of urea groups is 1. The minimum atomic E-state index is -0.383. The molecule has 1 aromatic heterocycles. The number of nitrogens with zero attached hydrogens (tertiary/aromatic N) is 1. The van der Waals surface area contributed by atoms with E-state index in [0.717, 1.165) is 11.1 Å². The average molecular weight is 381 g/mol. The minimum absolute atomic E-state index is 0.235. The Kier molecular flexibility index (Phi) is 5.84. The van der Waals surface area contributed by atoms with E-state index in [1.54, 1.807) is 25.3 Å². The molecule has 0 spiro atoms. The number of rotatable bonds is 6. The number of ether oxygens (including phenoxy) is 2. The zero-order chi connectivity index (χ0) is 20.1. The quantitative estimate of drug-likeness (QED) is 0.665. The standard InChI is InChI=1S/C21H23N3O4/c1-13-7-5-6-8-16(13)20-23-18(14(2)28-20)12-22-21(25)24-17-11-15(26-3)9-10-19(17)27-4/h5-11H,12H2,1-4H3,(H2,22,24,25). The molecule has 2 amide bonds. The molecule has 0 aliphatic carbocycles. The molecule has 146 valence electrons. The van der Waals surface area contributed by atoms with Crippen molar-refractivity contribution in [2.45, 2.75) is 20.4 Å². The van der Waals surface area contributed by atoms with Gasteiger partial charge in [-0.1, -0.05) is 18.2 Å². The first-order chi connectivity index (χ1) is 13.5. The number of aryl methyl sites for hydroxylation is 2. The number of carbonyl (C=O) groups excluding carboxylic acids is 1. The van der Waals surface area contributed by atoms with Crippen LogP contribution in [0, 0.1) is 13.8 Å². The van der Waals surface area contributed by atoms with Crippen molar-refractivity contribution >= 4 is 11.7 Å². The first-order valence-electron chi connectivity index (χ1n) is 8.81. The summed E-state index contributed by atoms with van der Waals surface area (Å²) in [6.45, 7) is 4.07. The summed E-state index contributed by atoms with van der Waals surface area (Å²) in [4.78, 5) is 16.8. The normalized spacial score (nSPS) is 10.4. The smallest absolute Gasteiger partial charge is 0.319 e. The monoisotopic (exact) mass is 381 g/mol. The summed E-state index contributed by atoms with van der Waals surface area (Å²) in [6.07, 6.45) is 0. The van der Waals surface area contributed by atoms with Gasteiger partial charge in [0.05, 0.1) is 26.5 Å². The lowest BCUT2D eigenvalue weighted by Crippen LogP contribution is -2.28. The van der Waals surface area contributed by atoms with Crippen LogP contribution >= 0.6 is 0 Å². The predicted octanol–water partition coefficient (Wildman–Crippen LogP) is 4.30. The molecular weight excluding hydrogens is 358 g/mol. The summed E-state index contributed by atoms with van der Waals surface area (Å²) < 4.78 is 16.2. The van der Waals surface area contributed by atoms with Gasteiger partial charge in [-0.3, -0.25) is 0 Å². The molecule has 0 radical (unpaired) electrons. The molecule has 0 aliphatic rings. The SMILES string of the molecule is COc1ccc(OC)c(NC(=O)NCc2nc(-c3ccccc3C)oc2C)c1. The van der Waals surface area contributed by atoms with Gasteiger partial charge in [-0.05, 0) is 37.6 Å². The van der Waals surface area contributed by atoms with Crippen molar-refractivity contribution in [3.63, 3.8) is 0 Å². The molecule has 0 saturated heterocycles. The zero-order valence-corrected chi connectivity index (χ0v) is 16.3. The molecule has 0 atom stereocenters. The summed E-state index contributed by atoms with van der Waals surface area (Å²) in [6, 6.07) is 12.7. The highest BCUT2D eigenvalue weighted by Crippen LogP contribution is 2.29. The van der Waals surface area contributed by atoms with E-state index < -0.39 is 0 Å². The molecule has 0 saturated carbocycles. The second-order valence-electron chi connectivity index (χ2n) is 6.21. The molecule has 0 aliphatic heterocycles. The summed E-state index contributed by atoms with van der Waals surface area (Å²) in [5, 5.41) is 5.55. The topological polar surface area (TPSA) is 85.6 Å². The summed E-state index contributed by atoms with van der Waals surface area (Å²) in [7, 11) is 3.10. The van der Waals surface area contributed by atoms with E-state index in [-0.39, 0.29) is 12.6 Å². The maximum Gasteiger partial charge on any atom is 0.319 e. The van der Waals surface area contributed by atoms with Gasteiger partial charge in [-0.2, -0.15) is 0 Å². The van der Waals surface area contributed by atoms with Gasteiger partial charge in [-0.25, -0.2) is 9.78 Å². The number of methoxy groups -OCH3 is 2. The molecule has 3 aromatic rings. The van der Waals surface area contributed by atoms with Gasteiger partial charge in [-0.15, -0.1) is 0 Å². The first kappa shape index (κ1) is 19.3. The van der Waals surface area contributed by atoms with Crippen molar-refractivity contribution in [2.24, 2.45) is 0 Å². The van der Waals surface area contributed by atoms with Crippen LogP contribution in [0.4, 0.5) is 10.5 Å². The molecule has 28 heavy (non-hydrogen) atoms. The summed E-state index contributed by atoms with van der Waals surface area (Å²) >= 11 is 0. The van der Waals surface area contributed by atoms with Gasteiger partial charge >= 0.3 is 6.03 Å². The molecular formula is C21H23N3O4. The predicted molar refractivity (Wildman–Crippen MR) is 107 cm³/mol. The third-order valence-electron chi connectivity index (χ3n) is 4.34. The van der Waals surface area contributed by atoms with Gasteiger partial charge in [0.15, 0.2) is 0 Å². The molecule has 1 heterocycles. The Balaban J connectivity index is 1.68. The van der Waals surface area contributed by atoms with Crippen molar-refractivity contribution in [3.8, 4) is 23.0 Å². The van der Waals surface area contributed by atoms with Crippen molar-refractivity contribution in [3.05, 3.63) is 59.5 Å². The second kappa shape index (κ2) is 8.47. The molecule has 2 N–H and O–H groups in total. The van der Waals surface area contributed by atoms with E-state index in [1.165, 1.54) is 7.11 Å². The zero-order valence-electron chi connectivity index (χ0n) is 16.3. The molecule has 7 nitrogen and oxygen atoms in total. The van der Waals surface area contributed by atoms with Crippen LogP contribution in [0.15, 0.2) is 46.9 Å². The molecule has 0 fully saturated rings. The molecule has 7 heteroatoms. The first-order valence-corrected chi connectivity index (χ1v) is 8.81. The van der Waals surface area contributed by atoms with Gasteiger partial charge < -0.3 is 24.5 Å². The lowest BCUT2D eigenvalue weighted by atomic mass is 10.1. The third-order valence-corrected chi connectivity index (χ3v) is 4.34. The number of hydrogen-bond acceptors (Lipinski definition) is 5. The number of aromatic nitrogens is 1. The average Bonchev–Trinajstić information content (AvgIpc) is 3.07. The Bertz CT molecular complexity index is 982. The number of hydrogen-bond donors (Lipinski definition) is 2. The second-order valence-corrected chi connectivity index (χ2v) is 6.21. The number of benzene rings is 2. The molecule has 3 rings (SSSR count). The Labute approximate surface area is 163 Å². The molecule has 0 bridgehead atoms. The highest BCUT2D eigenvalue weighted by Gasteiger charge is 2.14. The summed E-state index contributed by atoms with van der Waals surface area (Å²) in [5.74, 6) is 2.36. The minimum Gasteiger partial charge on any atom is -0.497 e. The fourth-order valence-corrected chi connectivity index (χ4v) is 2.76. The maximum atomic E-state index is 12.3. The highest BCUT2D eigenvalue weighted by atomic mass is 16.5. The van der Waals surface area contributed by atoms with Crippen LogP contribution in [0.5, 0.6) is 11.5 Å². The van der Waals surface area contributed by atoms with Gasteiger partial charge in [0.1, 0.15) is 23.0 Å². The van der Waals surface area contributed by atoms with Crippen LogP contribution < -0.4 is 20.1 Å². The van der Waals surface area contributed by atoms with E-state index in [9.17, 15) is 4.79 Å². The van der Waals surface area contributed by atoms with Crippen molar-refractivity contribution < 1.29 is 18.7 Å². The van der Waals surface area contributed by atoms with E-state index in [2.05, 4.69) is 15.6 Å². The molecule has 2 aromatic carbocycles. The number of oxazole rings is 1. The number of amides is 2. The number of nitrogens with one attached hydrogen (secondary N) is 2. The van der Waals surface area contributed by atoms with Crippen LogP contribution in [-0.2, 0) is 6.54 Å². The van der Waals surface area contributed by atoms with Crippen LogP contribution in [0.3, 0.4) is 0 Å². The lowest BCUT2D eigenvalue weighted by molar-refractivity contribution is 0.251. The van der Waals surface area contributed by atoms with Crippen LogP contribution in [0.25, 0.3) is 11.5 Å². The maximum absolute atomic E-state index is 12.3.